The molecule has 0 saturated heterocycles. The number of benzene rings is 2. The highest BCUT2D eigenvalue weighted by Gasteiger charge is 2.31. The number of aromatic nitrogens is 4. The van der Waals surface area contributed by atoms with Gasteiger partial charge < -0.3 is 10.1 Å². The zero-order chi connectivity index (χ0) is 23.3. The Kier molecular flexibility index (Phi) is 6.58. The number of amides is 1. The SMILES string of the molecule is CC(Sc1nnc(-c2cccnc2)n1C1CC1)C(=O)Nc1ccc(OCc2ccccc2)cc1. The molecule has 4 aromatic rings. The molecule has 1 N–H and O–H groups in total. The number of ether oxygens (including phenoxy) is 1. The number of hydrogen-bond donors (Lipinski definition) is 1. The number of thioether (sulfide) groups is 1. The lowest BCUT2D eigenvalue weighted by Gasteiger charge is -2.14. The van der Waals surface area contributed by atoms with Crippen LogP contribution >= 0.6 is 11.8 Å². The zero-order valence-corrected chi connectivity index (χ0v) is 19.6. The number of carbonyl (C=O) groups is 1. The minimum absolute atomic E-state index is 0.0868. The minimum atomic E-state index is -0.336. The van der Waals surface area contributed by atoms with Gasteiger partial charge in [0, 0.05) is 29.7 Å². The van der Waals surface area contributed by atoms with E-state index in [-0.39, 0.29) is 11.2 Å². The Balaban J connectivity index is 1.20. The maximum atomic E-state index is 12.9. The van der Waals surface area contributed by atoms with Gasteiger partial charge in [0.2, 0.25) is 5.91 Å². The van der Waals surface area contributed by atoms with Crippen molar-refractivity contribution in [2.75, 3.05) is 5.32 Å². The molecule has 0 aliphatic heterocycles. The predicted octanol–water partition coefficient (Wildman–Crippen LogP) is 5.37. The maximum Gasteiger partial charge on any atom is 0.237 e. The summed E-state index contributed by atoms with van der Waals surface area (Å²) >= 11 is 1.42. The number of anilines is 1. The second kappa shape index (κ2) is 10.1. The van der Waals surface area contributed by atoms with Gasteiger partial charge in [-0.05, 0) is 61.7 Å². The molecule has 1 unspecified atom stereocenters. The molecule has 2 heterocycles. The zero-order valence-electron chi connectivity index (χ0n) is 18.8. The van der Waals surface area contributed by atoms with Gasteiger partial charge in [-0.2, -0.15) is 0 Å². The first-order chi connectivity index (χ1) is 16.7. The first-order valence-corrected chi connectivity index (χ1v) is 12.1. The van der Waals surface area contributed by atoms with Gasteiger partial charge in [-0.15, -0.1) is 10.2 Å². The summed E-state index contributed by atoms with van der Waals surface area (Å²) < 4.78 is 7.96. The Bertz CT molecular complexity index is 1240. The fourth-order valence-electron chi connectivity index (χ4n) is 3.54. The number of nitrogens with zero attached hydrogens (tertiary/aromatic N) is 4. The van der Waals surface area contributed by atoms with Crippen molar-refractivity contribution < 1.29 is 9.53 Å². The molecule has 2 aromatic carbocycles. The second-order valence-electron chi connectivity index (χ2n) is 8.20. The lowest BCUT2D eigenvalue weighted by molar-refractivity contribution is -0.115. The van der Waals surface area contributed by atoms with Crippen molar-refractivity contribution in [1.82, 2.24) is 19.7 Å². The summed E-state index contributed by atoms with van der Waals surface area (Å²) in [6.45, 7) is 2.38. The lowest BCUT2D eigenvalue weighted by atomic mass is 10.2. The highest BCUT2D eigenvalue weighted by molar-refractivity contribution is 8.00. The average molecular weight is 472 g/mol. The van der Waals surface area contributed by atoms with E-state index < -0.39 is 0 Å². The van der Waals surface area contributed by atoms with Crippen LogP contribution in [0.2, 0.25) is 0 Å². The van der Waals surface area contributed by atoms with E-state index in [1.54, 1.807) is 12.4 Å². The largest absolute Gasteiger partial charge is 0.489 e. The summed E-state index contributed by atoms with van der Waals surface area (Å²) in [5.74, 6) is 1.47. The third-order valence-corrected chi connectivity index (χ3v) is 6.57. The van der Waals surface area contributed by atoms with Crippen molar-refractivity contribution >= 4 is 23.4 Å². The van der Waals surface area contributed by atoms with Crippen LogP contribution in [-0.2, 0) is 11.4 Å². The van der Waals surface area contributed by atoms with Gasteiger partial charge in [-0.25, -0.2) is 0 Å². The molecular formula is C26H25N5O2S. The number of nitrogens with one attached hydrogen (secondary N) is 1. The molecule has 1 saturated carbocycles. The molecule has 1 atom stereocenters. The topological polar surface area (TPSA) is 81.9 Å². The van der Waals surface area contributed by atoms with E-state index in [1.807, 2.05) is 73.7 Å². The fourth-order valence-corrected chi connectivity index (χ4v) is 4.46. The Hall–Kier alpha value is -3.65. The Morgan fingerprint density at radius 3 is 2.59 bits per heavy atom. The average Bonchev–Trinajstić information content (AvgIpc) is 3.64. The Morgan fingerprint density at radius 1 is 1.09 bits per heavy atom. The van der Waals surface area contributed by atoms with E-state index in [1.165, 1.54) is 11.8 Å². The normalized spacial score (nSPS) is 13.9. The van der Waals surface area contributed by atoms with E-state index in [2.05, 4.69) is 25.1 Å². The molecule has 0 radical (unpaired) electrons. The highest BCUT2D eigenvalue weighted by atomic mass is 32.2. The predicted molar refractivity (Wildman–Crippen MR) is 133 cm³/mol. The van der Waals surface area contributed by atoms with Crippen LogP contribution in [0.4, 0.5) is 5.69 Å². The highest BCUT2D eigenvalue weighted by Crippen LogP contribution is 2.41. The van der Waals surface area contributed by atoms with Gasteiger partial charge >= 0.3 is 0 Å². The number of rotatable bonds is 9. The van der Waals surface area contributed by atoms with Crippen LogP contribution in [0, 0.1) is 0 Å². The summed E-state index contributed by atoms with van der Waals surface area (Å²) in [4.78, 5) is 17.1. The van der Waals surface area contributed by atoms with Crippen molar-refractivity contribution in [3.63, 3.8) is 0 Å². The standard InChI is InChI=1S/C26H25N5O2S/c1-18(34-26-30-29-24(31(26)22-11-12-22)20-8-5-15-27-16-20)25(32)28-21-9-13-23(14-10-21)33-17-19-6-3-2-4-7-19/h2-10,13-16,18,22H,11-12,17H2,1H3,(H,28,32). The fraction of sp³-hybridized carbons (Fsp3) is 0.231. The molecule has 172 valence electrons. The van der Waals surface area contributed by atoms with Crippen LogP contribution in [0.25, 0.3) is 11.4 Å². The van der Waals surface area contributed by atoms with Crippen LogP contribution < -0.4 is 10.1 Å². The molecule has 7 nitrogen and oxygen atoms in total. The van der Waals surface area contributed by atoms with Gasteiger partial charge in [-0.3, -0.25) is 14.3 Å². The van der Waals surface area contributed by atoms with E-state index in [0.717, 1.165) is 46.4 Å². The van der Waals surface area contributed by atoms with Crippen LogP contribution in [-0.4, -0.2) is 30.9 Å². The van der Waals surface area contributed by atoms with E-state index in [0.29, 0.717) is 12.6 Å². The number of pyridine rings is 1. The van der Waals surface area contributed by atoms with Crippen molar-refractivity contribution in [2.24, 2.45) is 0 Å². The molecule has 1 amide bonds. The first kappa shape index (κ1) is 22.2. The molecule has 1 aliphatic rings. The van der Waals surface area contributed by atoms with E-state index >= 15 is 0 Å². The molecule has 0 bridgehead atoms. The molecular weight excluding hydrogens is 446 g/mol. The summed E-state index contributed by atoms with van der Waals surface area (Å²) in [7, 11) is 0. The monoisotopic (exact) mass is 471 g/mol. The third-order valence-electron chi connectivity index (χ3n) is 5.52. The maximum absolute atomic E-state index is 12.9. The van der Waals surface area contributed by atoms with Crippen LogP contribution in [0.15, 0.2) is 84.3 Å². The van der Waals surface area contributed by atoms with E-state index in [9.17, 15) is 4.79 Å². The quantitative estimate of drug-likeness (QED) is 0.330. The summed E-state index contributed by atoms with van der Waals surface area (Å²) in [5.41, 5.74) is 2.76. The van der Waals surface area contributed by atoms with Crippen LogP contribution in [0.3, 0.4) is 0 Å². The molecule has 5 rings (SSSR count). The molecule has 0 spiro atoms. The van der Waals surface area contributed by atoms with Gasteiger partial charge in [-0.1, -0.05) is 42.1 Å². The second-order valence-corrected chi connectivity index (χ2v) is 9.50. The van der Waals surface area contributed by atoms with Gasteiger partial charge in [0.15, 0.2) is 11.0 Å². The third kappa shape index (κ3) is 5.28. The number of hydrogen-bond acceptors (Lipinski definition) is 6. The van der Waals surface area contributed by atoms with Crippen molar-refractivity contribution in [3.05, 3.63) is 84.7 Å². The summed E-state index contributed by atoms with van der Waals surface area (Å²) in [6.07, 6.45) is 5.72. The minimum Gasteiger partial charge on any atom is -0.489 e. The lowest BCUT2D eigenvalue weighted by Crippen LogP contribution is -2.22. The molecule has 8 heteroatoms. The summed E-state index contributed by atoms with van der Waals surface area (Å²) in [5, 5.41) is 12.2. The Morgan fingerprint density at radius 2 is 1.88 bits per heavy atom. The number of carbonyl (C=O) groups excluding carboxylic acids is 1. The van der Waals surface area contributed by atoms with Gasteiger partial charge in [0.25, 0.3) is 0 Å². The van der Waals surface area contributed by atoms with Gasteiger partial charge in [0.1, 0.15) is 12.4 Å². The van der Waals surface area contributed by atoms with Crippen molar-refractivity contribution in [1.29, 1.82) is 0 Å². The Labute approximate surface area is 202 Å². The smallest absolute Gasteiger partial charge is 0.237 e. The molecule has 34 heavy (non-hydrogen) atoms. The van der Waals surface area contributed by atoms with Crippen molar-refractivity contribution in [2.45, 2.75) is 42.8 Å². The van der Waals surface area contributed by atoms with Crippen molar-refractivity contribution in [3.8, 4) is 17.1 Å². The van der Waals surface area contributed by atoms with Gasteiger partial charge in [0.05, 0.1) is 5.25 Å². The molecule has 1 fully saturated rings. The molecule has 2 aromatic heterocycles. The first-order valence-electron chi connectivity index (χ1n) is 11.3. The molecule has 1 aliphatic carbocycles. The van der Waals surface area contributed by atoms with E-state index in [4.69, 9.17) is 4.74 Å². The van der Waals surface area contributed by atoms with Crippen LogP contribution in [0.5, 0.6) is 5.75 Å². The summed E-state index contributed by atoms with van der Waals surface area (Å²) in [6, 6.07) is 21.7. The van der Waals surface area contributed by atoms with Crippen LogP contribution in [0.1, 0.15) is 31.4 Å².